The number of nitrogens with zero attached hydrogens (tertiary/aromatic N) is 1. The van der Waals surface area contributed by atoms with E-state index >= 15 is 0 Å². The van der Waals surface area contributed by atoms with Gasteiger partial charge >= 0.3 is 0 Å². The lowest BCUT2D eigenvalue weighted by atomic mass is 10.1. The summed E-state index contributed by atoms with van der Waals surface area (Å²) >= 11 is 0. The van der Waals surface area contributed by atoms with Gasteiger partial charge in [0.05, 0.1) is 12.7 Å². The molecule has 0 aromatic rings. The molecule has 2 fully saturated rings. The Morgan fingerprint density at radius 3 is 3.06 bits per heavy atom. The van der Waals surface area contributed by atoms with Crippen LogP contribution in [0, 0.1) is 0 Å². The normalized spacial score (nSPS) is 31.4. The van der Waals surface area contributed by atoms with Gasteiger partial charge < -0.3 is 10.1 Å². The molecule has 0 spiro atoms. The Balaban J connectivity index is 1.71. The number of ether oxygens (including phenoxy) is 1. The van der Waals surface area contributed by atoms with Crippen LogP contribution in [0.25, 0.3) is 0 Å². The van der Waals surface area contributed by atoms with E-state index in [1.807, 2.05) is 0 Å². The molecule has 0 bridgehead atoms. The first-order valence-corrected chi connectivity index (χ1v) is 7.38. The Kier molecular flexibility index (Phi) is 5.26. The summed E-state index contributed by atoms with van der Waals surface area (Å²) in [5, 5.41) is 3.39. The summed E-state index contributed by atoms with van der Waals surface area (Å²) in [6.45, 7) is 5.63. The Morgan fingerprint density at radius 1 is 1.41 bits per heavy atom. The maximum atomic E-state index is 5.85. The number of hydrogen-bond acceptors (Lipinski definition) is 3. The van der Waals surface area contributed by atoms with Gasteiger partial charge in [-0.25, -0.2) is 0 Å². The summed E-state index contributed by atoms with van der Waals surface area (Å²) in [6.07, 6.45) is 8.43. The molecule has 3 atom stereocenters. The molecule has 1 aliphatic heterocycles. The van der Waals surface area contributed by atoms with Crippen LogP contribution in [-0.2, 0) is 4.74 Å². The molecule has 3 heteroatoms. The van der Waals surface area contributed by atoms with Gasteiger partial charge in [0.1, 0.15) is 0 Å². The summed E-state index contributed by atoms with van der Waals surface area (Å²) in [7, 11) is 2.08. The average Bonchev–Trinajstić information content (AvgIpc) is 2.83. The van der Waals surface area contributed by atoms with Crippen LogP contribution < -0.4 is 5.32 Å². The van der Waals surface area contributed by atoms with Crippen LogP contribution in [0.15, 0.2) is 0 Å². The molecule has 0 aromatic carbocycles. The first-order chi connectivity index (χ1) is 8.35. The number of morpholine rings is 1. The van der Waals surface area contributed by atoms with Gasteiger partial charge in [-0.2, -0.15) is 0 Å². The molecule has 17 heavy (non-hydrogen) atoms. The van der Waals surface area contributed by atoms with Gasteiger partial charge in [0.15, 0.2) is 0 Å². The molecule has 3 unspecified atom stereocenters. The van der Waals surface area contributed by atoms with Gasteiger partial charge in [0, 0.05) is 18.6 Å². The second-order valence-electron chi connectivity index (χ2n) is 5.48. The van der Waals surface area contributed by atoms with E-state index in [1.54, 1.807) is 0 Å². The highest BCUT2D eigenvalue weighted by molar-refractivity contribution is 4.89. The van der Waals surface area contributed by atoms with Gasteiger partial charge in [-0.3, -0.25) is 4.90 Å². The van der Waals surface area contributed by atoms with Gasteiger partial charge in [-0.1, -0.05) is 6.92 Å². The Labute approximate surface area is 106 Å². The van der Waals surface area contributed by atoms with E-state index in [4.69, 9.17) is 4.74 Å². The molecule has 1 saturated heterocycles. The second kappa shape index (κ2) is 6.72. The van der Waals surface area contributed by atoms with E-state index in [1.165, 1.54) is 45.1 Å². The lowest BCUT2D eigenvalue weighted by Crippen LogP contribution is -2.48. The van der Waals surface area contributed by atoms with Crippen molar-refractivity contribution in [2.75, 3.05) is 26.7 Å². The molecule has 1 saturated carbocycles. The maximum Gasteiger partial charge on any atom is 0.0730 e. The minimum absolute atomic E-state index is 0.551. The maximum absolute atomic E-state index is 5.85. The van der Waals surface area contributed by atoms with Crippen molar-refractivity contribution in [2.24, 2.45) is 0 Å². The number of fused-ring (bicyclic) bond motifs is 1. The molecular weight excluding hydrogens is 212 g/mol. The fourth-order valence-electron chi connectivity index (χ4n) is 3.38. The molecule has 1 heterocycles. The van der Waals surface area contributed by atoms with Crippen LogP contribution in [0.4, 0.5) is 0 Å². The highest BCUT2D eigenvalue weighted by Crippen LogP contribution is 2.29. The molecule has 1 N–H and O–H groups in total. The van der Waals surface area contributed by atoms with Crippen LogP contribution in [-0.4, -0.2) is 49.8 Å². The molecule has 2 rings (SSSR count). The Hall–Kier alpha value is -0.120. The highest BCUT2D eigenvalue weighted by atomic mass is 16.5. The summed E-state index contributed by atoms with van der Waals surface area (Å²) in [5.74, 6) is 0. The smallest absolute Gasteiger partial charge is 0.0730 e. The van der Waals surface area contributed by atoms with Crippen LogP contribution in [0.3, 0.4) is 0 Å². The predicted octanol–water partition coefficient (Wildman–Crippen LogP) is 2.02. The van der Waals surface area contributed by atoms with Crippen molar-refractivity contribution in [3.63, 3.8) is 0 Å². The first kappa shape index (κ1) is 13.3. The largest absolute Gasteiger partial charge is 0.375 e. The van der Waals surface area contributed by atoms with Crippen molar-refractivity contribution in [2.45, 2.75) is 63.6 Å². The number of nitrogens with one attached hydrogen (secondary N) is 1. The van der Waals surface area contributed by atoms with E-state index in [2.05, 4.69) is 24.2 Å². The molecular formula is C14H28N2O. The quantitative estimate of drug-likeness (QED) is 0.769. The summed E-state index contributed by atoms with van der Waals surface area (Å²) in [6, 6.07) is 1.44. The average molecular weight is 240 g/mol. The molecule has 0 amide bonds. The molecule has 1 aliphatic carbocycles. The molecule has 0 aromatic heterocycles. The second-order valence-corrected chi connectivity index (χ2v) is 5.48. The van der Waals surface area contributed by atoms with Crippen molar-refractivity contribution < 1.29 is 4.74 Å². The summed E-state index contributed by atoms with van der Waals surface area (Å²) in [5.41, 5.74) is 0. The SMILES string of the molecule is CCC(CCCN1CCOC2CCCC21)NC. The Morgan fingerprint density at radius 2 is 2.29 bits per heavy atom. The molecule has 100 valence electrons. The van der Waals surface area contributed by atoms with Crippen molar-refractivity contribution in [1.29, 1.82) is 0 Å². The third-order valence-electron chi connectivity index (χ3n) is 4.50. The molecule has 0 radical (unpaired) electrons. The van der Waals surface area contributed by atoms with E-state index < -0.39 is 0 Å². The molecule has 2 aliphatic rings. The van der Waals surface area contributed by atoms with Crippen LogP contribution in [0.1, 0.15) is 45.4 Å². The summed E-state index contributed by atoms with van der Waals surface area (Å²) < 4.78 is 5.85. The van der Waals surface area contributed by atoms with Crippen LogP contribution in [0.2, 0.25) is 0 Å². The lowest BCUT2D eigenvalue weighted by Gasteiger charge is -2.37. The topological polar surface area (TPSA) is 24.5 Å². The predicted molar refractivity (Wildman–Crippen MR) is 71.3 cm³/mol. The zero-order valence-corrected chi connectivity index (χ0v) is 11.5. The van der Waals surface area contributed by atoms with Crippen molar-refractivity contribution >= 4 is 0 Å². The van der Waals surface area contributed by atoms with Gasteiger partial charge in [0.2, 0.25) is 0 Å². The first-order valence-electron chi connectivity index (χ1n) is 7.38. The third-order valence-corrected chi connectivity index (χ3v) is 4.50. The fraction of sp³-hybridized carbons (Fsp3) is 1.00. The lowest BCUT2D eigenvalue weighted by molar-refractivity contribution is -0.0559. The van der Waals surface area contributed by atoms with Gasteiger partial charge in [-0.15, -0.1) is 0 Å². The zero-order valence-electron chi connectivity index (χ0n) is 11.5. The minimum Gasteiger partial charge on any atom is -0.375 e. The van der Waals surface area contributed by atoms with Gasteiger partial charge in [0.25, 0.3) is 0 Å². The van der Waals surface area contributed by atoms with E-state index in [0.717, 1.165) is 19.2 Å². The van der Waals surface area contributed by atoms with E-state index in [9.17, 15) is 0 Å². The van der Waals surface area contributed by atoms with Crippen molar-refractivity contribution in [3.05, 3.63) is 0 Å². The highest BCUT2D eigenvalue weighted by Gasteiger charge is 2.35. The van der Waals surface area contributed by atoms with Crippen LogP contribution >= 0.6 is 0 Å². The van der Waals surface area contributed by atoms with Gasteiger partial charge in [-0.05, 0) is 52.1 Å². The zero-order chi connectivity index (χ0) is 12.1. The van der Waals surface area contributed by atoms with E-state index in [-0.39, 0.29) is 0 Å². The third kappa shape index (κ3) is 3.43. The van der Waals surface area contributed by atoms with Crippen LogP contribution in [0.5, 0.6) is 0 Å². The Bertz CT molecular complexity index is 218. The number of hydrogen-bond donors (Lipinski definition) is 1. The monoisotopic (exact) mass is 240 g/mol. The minimum atomic E-state index is 0.551. The van der Waals surface area contributed by atoms with Crippen molar-refractivity contribution in [1.82, 2.24) is 10.2 Å². The standard InChI is InChI=1S/C14H28N2O/c1-3-12(15-2)6-5-9-16-10-11-17-14-8-4-7-13(14)16/h12-15H,3-11H2,1-2H3. The summed E-state index contributed by atoms with van der Waals surface area (Å²) in [4.78, 5) is 2.68. The number of rotatable bonds is 6. The molecule has 3 nitrogen and oxygen atoms in total. The van der Waals surface area contributed by atoms with Crippen molar-refractivity contribution in [3.8, 4) is 0 Å². The van der Waals surface area contributed by atoms with E-state index in [0.29, 0.717) is 12.1 Å². The fourth-order valence-corrected chi connectivity index (χ4v) is 3.38.